The Kier molecular flexibility index (Phi) is 8.52. The van der Waals surface area contributed by atoms with Gasteiger partial charge in [-0.2, -0.15) is 0 Å². The summed E-state index contributed by atoms with van der Waals surface area (Å²) < 4.78 is 17.4. The molecule has 2 aromatic heterocycles. The van der Waals surface area contributed by atoms with Crippen LogP contribution < -0.4 is 19.7 Å². The molecule has 2 amide bonds. The lowest BCUT2D eigenvalue weighted by atomic mass is 10.1. The van der Waals surface area contributed by atoms with Gasteiger partial charge in [0.05, 0.1) is 18.8 Å². The Morgan fingerprint density at radius 2 is 1.81 bits per heavy atom. The largest absolute Gasteiger partial charge is 0.488 e. The molecule has 1 N–H and O–H groups in total. The van der Waals surface area contributed by atoms with E-state index in [9.17, 15) is 9.59 Å². The van der Waals surface area contributed by atoms with Gasteiger partial charge in [0.15, 0.2) is 5.13 Å². The van der Waals surface area contributed by atoms with Crippen LogP contribution >= 0.6 is 11.3 Å². The van der Waals surface area contributed by atoms with Crippen LogP contribution in [0.2, 0.25) is 0 Å². The van der Waals surface area contributed by atoms with Crippen molar-refractivity contribution in [3.05, 3.63) is 88.6 Å². The molecule has 1 fully saturated rings. The highest BCUT2D eigenvalue weighted by atomic mass is 32.1. The van der Waals surface area contributed by atoms with Crippen molar-refractivity contribution in [3.8, 4) is 17.2 Å². The monoisotopic (exact) mass is 599 g/mol. The molecule has 6 rings (SSSR count). The number of ether oxygens (including phenoxy) is 3. The van der Waals surface area contributed by atoms with Crippen molar-refractivity contribution in [1.82, 2.24) is 14.9 Å². The molecule has 0 bridgehead atoms. The molecular formula is C32H33N5O5S. The van der Waals surface area contributed by atoms with Crippen LogP contribution in [-0.2, 0) is 17.7 Å². The Balaban J connectivity index is 1.18. The first-order valence-corrected chi connectivity index (χ1v) is 15.1. The van der Waals surface area contributed by atoms with E-state index in [0.717, 1.165) is 48.9 Å². The molecule has 1 atom stereocenters. The van der Waals surface area contributed by atoms with Gasteiger partial charge in [0.2, 0.25) is 0 Å². The lowest BCUT2D eigenvalue weighted by Crippen LogP contribution is -2.41. The van der Waals surface area contributed by atoms with Crippen molar-refractivity contribution in [1.29, 1.82) is 0 Å². The molecule has 0 aliphatic carbocycles. The molecule has 222 valence electrons. The molecular weight excluding hydrogens is 566 g/mol. The Morgan fingerprint density at radius 1 is 1.00 bits per heavy atom. The summed E-state index contributed by atoms with van der Waals surface area (Å²) in [5.41, 5.74) is 1.98. The number of fused-ring (bicyclic) bond motifs is 1. The molecule has 0 saturated carbocycles. The number of likely N-dealkylation sites (tertiary alicyclic amines) is 1. The van der Waals surface area contributed by atoms with Gasteiger partial charge >= 0.3 is 0 Å². The van der Waals surface area contributed by atoms with E-state index in [-0.39, 0.29) is 17.9 Å². The van der Waals surface area contributed by atoms with E-state index in [2.05, 4.69) is 15.2 Å². The Hall–Kier alpha value is -4.48. The minimum atomic E-state index is -0.321. The molecule has 2 aliphatic heterocycles. The van der Waals surface area contributed by atoms with Crippen LogP contribution in [0.3, 0.4) is 0 Å². The SMILES string of the molecule is COC[C@H](C)Oc1cc(Oc2ccc(C(=O)N3CCC3)cc2)cc(C(=O)Nc2nc3c(s2)CN(c2ccccn2)CC3)c1. The molecule has 4 heterocycles. The molecule has 0 unspecified atom stereocenters. The van der Waals surface area contributed by atoms with Gasteiger partial charge in [-0.1, -0.05) is 17.4 Å². The lowest BCUT2D eigenvalue weighted by molar-refractivity contribution is 0.0651. The van der Waals surface area contributed by atoms with Gasteiger partial charge in [0.25, 0.3) is 11.8 Å². The van der Waals surface area contributed by atoms with E-state index in [0.29, 0.717) is 46.7 Å². The number of pyridine rings is 1. The fraction of sp³-hybridized carbons (Fsp3) is 0.312. The minimum Gasteiger partial charge on any atom is -0.488 e. The van der Waals surface area contributed by atoms with Crippen molar-refractivity contribution in [2.45, 2.75) is 32.4 Å². The van der Waals surface area contributed by atoms with Crippen LogP contribution in [-0.4, -0.2) is 66.1 Å². The number of amides is 2. The summed E-state index contributed by atoms with van der Waals surface area (Å²) in [5, 5.41) is 3.51. The number of nitrogens with zero attached hydrogens (tertiary/aromatic N) is 4. The van der Waals surface area contributed by atoms with Gasteiger partial charge in [0, 0.05) is 61.4 Å². The van der Waals surface area contributed by atoms with Crippen LogP contribution in [0, 0.1) is 0 Å². The standard InChI is InChI=1S/C32H33N5O5S/c1-21(20-40-2)41-25-16-23(17-26(18-25)42-24-9-7-22(8-10-24)31(39)36-13-5-14-36)30(38)35-32-34-27-11-15-37(19-28(27)43-32)29-6-3-4-12-33-29/h3-4,6-10,12,16-18,21H,5,11,13-15,19-20H2,1-2H3,(H,34,35,38)/t21-/m0/s1. The van der Waals surface area contributed by atoms with Crippen molar-refractivity contribution in [2.75, 3.05) is 43.6 Å². The third kappa shape index (κ3) is 6.79. The van der Waals surface area contributed by atoms with Gasteiger partial charge in [0.1, 0.15) is 29.2 Å². The number of benzene rings is 2. The van der Waals surface area contributed by atoms with Crippen LogP contribution in [0.25, 0.3) is 0 Å². The predicted molar refractivity (Wildman–Crippen MR) is 165 cm³/mol. The second kappa shape index (κ2) is 12.8. The Bertz CT molecular complexity index is 1590. The topological polar surface area (TPSA) is 106 Å². The minimum absolute atomic E-state index is 0.0209. The molecule has 43 heavy (non-hydrogen) atoms. The summed E-state index contributed by atoms with van der Waals surface area (Å²) in [7, 11) is 1.61. The van der Waals surface area contributed by atoms with Crippen LogP contribution in [0.5, 0.6) is 17.2 Å². The average Bonchev–Trinajstić information content (AvgIpc) is 3.38. The molecule has 0 radical (unpaired) electrons. The van der Waals surface area contributed by atoms with Gasteiger partial charge in [-0.05, 0) is 61.9 Å². The number of nitrogens with one attached hydrogen (secondary N) is 1. The third-order valence-electron chi connectivity index (χ3n) is 7.29. The number of carbonyl (C=O) groups is 2. The van der Waals surface area contributed by atoms with Crippen LogP contribution in [0.1, 0.15) is 44.6 Å². The van der Waals surface area contributed by atoms with Gasteiger partial charge < -0.3 is 24.0 Å². The maximum atomic E-state index is 13.5. The van der Waals surface area contributed by atoms with Gasteiger partial charge in [-0.15, -0.1) is 0 Å². The fourth-order valence-electron chi connectivity index (χ4n) is 4.99. The smallest absolute Gasteiger partial charge is 0.257 e. The highest BCUT2D eigenvalue weighted by Crippen LogP contribution is 2.32. The zero-order valence-corrected chi connectivity index (χ0v) is 24.9. The summed E-state index contributed by atoms with van der Waals surface area (Å²) in [5.74, 6) is 2.07. The zero-order valence-electron chi connectivity index (χ0n) is 24.1. The maximum absolute atomic E-state index is 13.5. The summed E-state index contributed by atoms with van der Waals surface area (Å²) in [4.78, 5) is 40.3. The van der Waals surface area contributed by atoms with Crippen molar-refractivity contribution >= 4 is 34.1 Å². The molecule has 11 heteroatoms. The van der Waals surface area contributed by atoms with E-state index in [1.807, 2.05) is 30.0 Å². The fourth-order valence-corrected chi connectivity index (χ4v) is 6.01. The normalized spacial score (nSPS) is 14.8. The maximum Gasteiger partial charge on any atom is 0.257 e. The van der Waals surface area contributed by atoms with Gasteiger partial charge in [-0.25, -0.2) is 9.97 Å². The molecule has 4 aromatic rings. The van der Waals surface area contributed by atoms with Crippen molar-refractivity contribution in [3.63, 3.8) is 0 Å². The number of hydrogen-bond acceptors (Lipinski definition) is 9. The summed E-state index contributed by atoms with van der Waals surface area (Å²) in [6, 6.07) is 18.0. The van der Waals surface area contributed by atoms with E-state index >= 15 is 0 Å². The highest BCUT2D eigenvalue weighted by molar-refractivity contribution is 7.15. The van der Waals surface area contributed by atoms with Crippen molar-refractivity contribution < 1.29 is 23.8 Å². The second-order valence-corrected chi connectivity index (χ2v) is 11.6. The zero-order chi connectivity index (χ0) is 29.8. The first kappa shape index (κ1) is 28.6. The number of rotatable bonds is 10. The third-order valence-corrected chi connectivity index (χ3v) is 8.28. The number of thiazole rings is 1. The number of carbonyl (C=O) groups excluding carboxylic acids is 2. The summed E-state index contributed by atoms with van der Waals surface area (Å²) >= 11 is 1.47. The average molecular weight is 600 g/mol. The van der Waals surface area contributed by atoms with Crippen molar-refractivity contribution in [2.24, 2.45) is 0 Å². The highest BCUT2D eigenvalue weighted by Gasteiger charge is 2.24. The summed E-state index contributed by atoms with van der Waals surface area (Å²) in [6.45, 7) is 5.38. The Labute approximate surface area is 254 Å². The van der Waals surface area contributed by atoms with E-state index in [1.54, 1.807) is 55.8 Å². The number of methoxy groups -OCH3 is 1. The Morgan fingerprint density at radius 3 is 2.53 bits per heavy atom. The van der Waals surface area contributed by atoms with E-state index < -0.39 is 0 Å². The number of hydrogen-bond donors (Lipinski definition) is 1. The first-order valence-electron chi connectivity index (χ1n) is 14.3. The number of aromatic nitrogens is 2. The molecule has 1 saturated heterocycles. The first-order chi connectivity index (χ1) is 20.9. The molecule has 10 nitrogen and oxygen atoms in total. The van der Waals surface area contributed by atoms with Crippen LogP contribution in [0.4, 0.5) is 10.9 Å². The quantitative estimate of drug-likeness (QED) is 0.258. The molecule has 2 aliphatic rings. The summed E-state index contributed by atoms with van der Waals surface area (Å²) in [6.07, 6.45) is 3.37. The van der Waals surface area contributed by atoms with E-state index in [1.165, 1.54) is 11.3 Å². The second-order valence-electron chi connectivity index (χ2n) is 10.6. The lowest BCUT2D eigenvalue weighted by Gasteiger charge is -2.30. The predicted octanol–water partition coefficient (Wildman–Crippen LogP) is 5.41. The van der Waals surface area contributed by atoms with Crippen LogP contribution in [0.15, 0.2) is 66.9 Å². The van der Waals surface area contributed by atoms with Gasteiger partial charge in [-0.3, -0.25) is 14.9 Å². The number of anilines is 2. The molecule has 2 aromatic carbocycles. The van der Waals surface area contributed by atoms with E-state index in [4.69, 9.17) is 19.2 Å². The molecule has 0 spiro atoms.